The summed E-state index contributed by atoms with van der Waals surface area (Å²) in [5.41, 5.74) is -1.06. The van der Waals surface area contributed by atoms with Gasteiger partial charge in [0.15, 0.2) is 0 Å². The summed E-state index contributed by atoms with van der Waals surface area (Å²) >= 11 is 0. The number of hydroxylamine groups is 6. The summed E-state index contributed by atoms with van der Waals surface area (Å²) in [6.45, 7) is -4.72. The largest absolute Gasteiger partial charge is 0.445 e. The summed E-state index contributed by atoms with van der Waals surface area (Å²) in [4.78, 5) is 171. The predicted molar refractivity (Wildman–Crippen MR) is 209 cm³/mol. The summed E-state index contributed by atoms with van der Waals surface area (Å²) in [6, 6.07) is 8.57. The number of benzene rings is 1. The van der Waals surface area contributed by atoms with Gasteiger partial charge in [-0.3, -0.25) is 43.2 Å². The van der Waals surface area contributed by atoms with Gasteiger partial charge in [0.1, 0.15) is 31.8 Å². The second-order valence-electron chi connectivity index (χ2n) is 14.3. The van der Waals surface area contributed by atoms with E-state index in [9.17, 15) is 62.3 Å². The Labute approximate surface area is 374 Å². The fourth-order valence-electron chi connectivity index (χ4n) is 5.66. The van der Waals surface area contributed by atoms with Gasteiger partial charge in [0, 0.05) is 57.8 Å². The molecule has 1 aromatic rings. The minimum absolute atomic E-state index is 0.128. The van der Waals surface area contributed by atoms with Gasteiger partial charge in [-0.2, -0.15) is 0 Å². The summed E-state index contributed by atoms with van der Waals surface area (Å²) < 4.78 is 22.6. The van der Waals surface area contributed by atoms with Crippen molar-refractivity contribution in [1.29, 1.82) is 0 Å². The van der Waals surface area contributed by atoms with E-state index in [2.05, 4.69) is 21.3 Å². The SMILES string of the molecule is O=C(CCOCC(COCCC(=O)NCC(=O)ON1C(=O)CCC1=O)(COCCC(=O)NCC(=O)ON1C(=O)CCC1=O)NC(=O)OCc1ccccc1)NCC(=O)ON1C(=O)CCC1=O. The molecule has 0 spiro atoms. The number of hydrogen-bond acceptors (Lipinski definition) is 20. The molecule has 0 unspecified atom stereocenters. The molecule has 0 aliphatic carbocycles. The molecule has 3 aliphatic rings. The topological polar surface area (TPSA) is 344 Å². The summed E-state index contributed by atoms with van der Waals surface area (Å²) in [6.07, 6.45) is -2.86. The van der Waals surface area contributed by atoms with Gasteiger partial charge in [-0.05, 0) is 5.56 Å². The van der Waals surface area contributed by atoms with Crippen molar-refractivity contribution in [2.75, 3.05) is 59.3 Å². The first kappa shape index (κ1) is 51.2. The van der Waals surface area contributed by atoms with Gasteiger partial charge in [-0.15, -0.1) is 15.2 Å². The molecule has 3 fully saturated rings. The number of nitrogens with zero attached hydrogens (tertiary/aromatic N) is 3. The fraction of sp³-hybridized carbons (Fsp3) is 0.513. The highest BCUT2D eigenvalue weighted by molar-refractivity contribution is 6.03. The number of ether oxygens (including phenoxy) is 4. The Kier molecular flexibility index (Phi) is 20.0. The Balaban J connectivity index is 1.34. The van der Waals surface area contributed by atoms with Crippen LogP contribution in [0.4, 0.5) is 4.79 Å². The van der Waals surface area contributed by atoms with Crippen LogP contribution >= 0.6 is 0 Å². The van der Waals surface area contributed by atoms with Gasteiger partial charge in [-0.25, -0.2) is 19.2 Å². The Morgan fingerprint density at radius 1 is 0.485 bits per heavy atom. The molecule has 3 heterocycles. The number of carbonyl (C=O) groups is 13. The van der Waals surface area contributed by atoms with E-state index in [0.717, 1.165) is 0 Å². The van der Waals surface area contributed by atoms with Crippen molar-refractivity contribution in [2.24, 2.45) is 0 Å². The standard InChI is InChI=1S/C39H47N7O20/c47-26(40-18-35(56)64-44-29(50)6-7-30(44)51)12-15-60-22-39(43-38(59)63-21-25-4-2-1-3-5-25,23-61-16-13-27(48)41-19-36(57)65-45-31(52)8-9-32(45)53)24-62-17-14-28(49)42-20-37(58)66-46-33(54)10-11-34(46)55/h1-5H,6-24H2,(H,40,47)(H,41,48)(H,42,49)(H,43,59). The van der Waals surface area contributed by atoms with Gasteiger partial charge >= 0.3 is 24.0 Å². The molecular weight excluding hydrogens is 886 g/mol. The number of imide groups is 3. The molecule has 4 rings (SSSR count). The smallest absolute Gasteiger partial charge is 0.408 e. The monoisotopic (exact) mass is 933 g/mol. The molecule has 3 saturated heterocycles. The predicted octanol–water partition coefficient (Wildman–Crippen LogP) is -2.96. The van der Waals surface area contributed by atoms with Crippen molar-refractivity contribution >= 4 is 77.2 Å². The lowest BCUT2D eigenvalue weighted by Gasteiger charge is -2.33. The quantitative estimate of drug-likeness (QED) is 0.0506. The van der Waals surface area contributed by atoms with E-state index in [0.29, 0.717) is 20.8 Å². The number of alkyl carbamates (subject to hydrolysis) is 1. The number of rotatable bonds is 27. The van der Waals surface area contributed by atoms with E-state index in [1.165, 1.54) is 0 Å². The Bertz CT molecular complexity index is 1800. The number of hydrogen-bond donors (Lipinski definition) is 4. The third-order valence-electron chi connectivity index (χ3n) is 9.02. The highest BCUT2D eigenvalue weighted by Gasteiger charge is 2.37. The van der Waals surface area contributed by atoms with E-state index in [1.807, 2.05) is 0 Å². The number of carbonyl (C=O) groups excluding carboxylic acids is 13. The molecule has 0 bridgehead atoms. The molecule has 0 atom stereocenters. The van der Waals surface area contributed by atoms with E-state index < -0.39 is 122 Å². The summed E-state index contributed by atoms with van der Waals surface area (Å²) in [7, 11) is 0. The van der Waals surface area contributed by atoms with Crippen LogP contribution in [0, 0.1) is 0 Å². The molecule has 0 saturated carbocycles. The third kappa shape index (κ3) is 17.3. The molecular formula is C39H47N7O20. The first-order chi connectivity index (χ1) is 31.5. The van der Waals surface area contributed by atoms with Crippen LogP contribution in [0.1, 0.15) is 63.4 Å². The maximum absolute atomic E-state index is 13.2. The van der Waals surface area contributed by atoms with Crippen LogP contribution in [0.25, 0.3) is 0 Å². The fourth-order valence-corrected chi connectivity index (χ4v) is 5.66. The Morgan fingerprint density at radius 3 is 1.12 bits per heavy atom. The third-order valence-corrected chi connectivity index (χ3v) is 9.02. The van der Waals surface area contributed by atoms with E-state index in [1.54, 1.807) is 30.3 Å². The van der Waals surface area contributed by atoms with Gasteiger partial charge in [0.05, 0.1) is 39.6 Å². The molecule has 27 nitrogen and oxygen atoms in total. The van der Waals surface area contributed by atoms with Crippen LogP contribution in [-0.2, 0) is 97.6 Å². The molecule has 0 aromatic heterocycles. The summed E-state index contributed by atoms with van der Waals surface area (Å²) in [5, 5.41) is 10.3. The number of nitrogens with one attached hydrogen (secondary N) is 4. The average Bonchev–Trinajstić information content (AvgIpc) is 3.91. The summed E-state index contributed by atoms with van der Waals surface area (Å²) in [5.74, 6) is -9.70. The first-order valence-electron chi connectivity index (χ1n) is 20.3. The van der Waals surface area contributed by atoms with Crippen LogP contribution in [0.5, 0.6) is 0 Å². The van der Waals surface area contributed by atoms with Crippen LogP contribution in [0.2, 0.25) is 0 Å². The highest BCUT2D eigenvalue weighted by atomic mass is 16.7. The van der Waals surface area contributed by atoms with E-state index in [-0.39, 0.29) is 84.2 Å². The lowest BCUT2D eigenvalue weighted by atomic mass is 10.0. The molecule has 358 valence electrons. The lowest BCUT2D eigenvalue weighted by Crippen LogP contribution is -2.59. The van der Waals surface area contributed by atoms with E-state index in [4.69, 9.17) is 33.5 Å². The zero-order valence-electron chi connectivity index (χ0n) is 35.3. The van der Waals surface area contributed by atoms with Crippen molar-refractivity contribution in [3.8, 4) is 0 Å². The Morgan fingerprint density at radius 2 is 0.803 bits per heavy atom. The average molecular weight is 934 g/mol. The van der Waals surface area contributed by atoms with E-state index >= 15 is 0 Å². The van der Waals surface area contributed by atoms with Gasteiger partial charge in [-0.1, -0.05) is 30.3 Å². The molecule has 1 aromatic carbocycles. The van der Waals surface area contributed by atoms with Crippen molar-refractivity contribution < 1.29 is 95.8 Å². The second-order valence-corrected chi connectivity index (χ2v) is 14.3. The van der Waals surface area contributed by atoms with Crippen LogP contribution in [0.15, 0.2) is 30.3 Å². The van der Waals surface area contributed by atoms with Gasteiger partial charge in [0.2, 0.25) is 17.7 Å². The first-order valence-corrected chi connectivity index (χ1v) is 20.3. The minimum Gasteiger partial charge on any atom is -0.445 e. The van der Waals surface area contributed by atoms with Crippen LogP contribution < -0.4 is 21.3 Å². The van der Waals surface area contributed by atoms with Gasteiger partial charge in [0.25, 0.3) is 35.4 Å². The van der Waals surface area contributed by atoms with Gasteiger partial charge < -0.3 is 54.7 Å². The minimum atomic E-state index is -1.69. The van der Waals surface area contributed by atoms with Crippen molar-refractivity contribution in [3.05, 3.63) is 35.9 Å². The zero-order chi connectivity index (χ0) is 48.1. The van der Waals surface area contributed by atoms with Crippen LogP contribution in [-0.4, -0.2) is 157 Å². The normalized spacial score (nSPS) is 14.9. The molecule has 0 radical (unpaired) electrons. The van der Waals surface area contributed by atoms with Crippen molar-refractivity contribution in [3.63, 3.8) is 0 Å². The molecule has 27 heteroatoms. The Hall–Kier alpha value is -7.39. The molecule has 10 amide bonds. The van der Waals surface area contributed by atoms with Crippen LogP contribution in [0.3, 0.4) is 0 Å². The highest BCUT2D eigenvalue weighted by Crippen LogP contribution is 2.15. The number of amides is 10. The second kappa shape index (κ2) is 25.8. The molecule has 3 aliphatic heterocycles. The lowest BCUT2D eigenvalue weighted by molar-refractivity contribution is -0.196. The van der Waals surface area contributed by atoms with Crippen molar-refractivity contribution in [2.45, 2.75) is 69.9 Å². The molecule has 66 heavy (non-hydrogen) atoms. The maximum Gasteiger partial charge on any atom is 0.408 e. The molecule has 4 N–H and O–H groups in total. The zero-order valence-corrected chi connectivity index (χ0v) is 35.3. The maximum atomic E-state index is 13.2. The van der Waals surface area contributed by atoms with Crippen molar-refractivity contribution in [1.82, 2.24) is 36.5 Å².